The highest BCUT2D eigenvalue weighted by Gasteiger charge is 2.36. The quantitative estimate of drug-likeness (QED) is 0.509. The van der Waals surface area contributed by atoms with Gasteiger partial charge in [-0.3, -0.25) is 24.0 Å². The summed E-state index contributed by atoms with van der Waals surface area (Å²) in [7, 11) is -0.996. The van der Waals surface area contributed by atoms with Crippen molar-refractivity contribution >= 4 is 28.6 Å². The third kappa shape index (κ3) is 2.62. The lowest BCUT2D eigenvalue weighted by atomic mass is 10.3. The molecule has 6 nitrogen and oxygen atoms in total. The maximum atomic E-state index is 11.1. The molecule has 0 spiro atoms. The van der Waals surface area contributed by atoms with Gasteiger partial charge in [-0.15, -0.1) is 0 Å². The fraction of sp³-hybridized carbons (Fsp3) is 0.625. The van der Waals surface area contributed by atoms with Crippen LogP contribution in [0, 0.1) is 0 Å². The standard InChI is InChI=1S/C8H12N2O4S/c1-5(15(2)14)3-4-10-7(12)6(11)9-8(10)13/h5H,3-4H2,1-2H3,(H,9,11,13). The number of nitrogens with one attached hydrogen (secondary N) is 1. The zero-order valence-electron chi connectivity index (χ0n) is 8.48. The van der Waals surface area contributed by atoms with Crippen LogP contribution in [0.2, 0.25) is 0 Å². The predicted molar refractivity (Wildman–Crippen MR) is 53.4 cm³/mol. The lowest BCUT2D eigenvalue weighted by Crippen LogP contribution is -2.33. The SMILES string of the molecule is CC(CCN1C(=O)NC(=O)C1=O)S(C)=O. The van der Waals surface area contributed by atoms with Crippen LogP contribution in [0.4, 0.5) is 4.79 Å². The highest BCUT2D eigenvalue weighted by Crippen LogP contribution is 2.06. The summed E-state index contributed by atoms with van der Waals surface area (Å²) in [6.45, 7) is 1.88. The highest BCUT2D eigenvalue weighted by molar-refractivity contribution is 7.84. The van der Waals surface area contributed by atoms with Gasteiger partial charge in [0.15, 0.2) is 0 Å². The van der Waals surface area contributed by atoms with E-state index in [-0.39, 0.29) is 11.8 Å². The van der Waals surface area contributed by atoms with Crippen molar-refractivity contribution in [3.8, 4) is 0 Å². The van der Waals surface area contributed by atoms with Gasteiger partial charge in [0.1, 0.15) is 0 Å². The van der Waals surface area contributed by atoms with Crippen molar-refractivity contribution in [3.63, 3.8) is 0 Å². The van der Waals surface area contributed by atoms with E-state index in [2.05, 4.69) is 0 Å². The average Bonchev–Trinajstić information content (AvgIpc) is 2.38. The van der Waals surface area contributed by atoms with Crippen LogP contribution in [-0.2, 0) is 20.4 Å². The molecule has 1 fully saturated rings. The van der Waals surface area contributed by atoms with Crippen LogP contribution in [0.25, 0.3) is 0 Å². The van der Waals surface area contributed by atoms with E-state index in [0.717, 1.165) is 4.90 Å². The van der Waals surface area contributed by atoms with E-state index >= 15 is 0 Å². The van der Waals surface area contributed by atoms with Gasteiger partial charge in [-0.05, 0) is 6.42 Å². The lowest BCUT2D eigenvalue weighted by Gasteiger charge is -2.13. The minimum atomic E-state index is -0.996. The summed E-state index contributed by atoms with van der Waals surface area (Å²) in [5.41, 5.74) is 0. The van der Waals surface area contributed by atoms with Crippen molar-refractivity contribution in [1.82, 2.24) is 10.2 Å². The molecule has 0 aromatic heterocycles. The minimum Gasteiger partial charge on any atom is -0.269 e. The van der Waals surface area contributed by atoms with E-state index in [4.69, 9.17) is 0 Å². The van der Waals surface area contributed by atoms with Crippen LogP contribution >= 0.6 is 0 Å². The largest absolute Gasteiger partial charge is 0.331 e. The van der Waals surface area contributed by atoms with Crippen LogP contribution in [-0.4, -0.2) is 45.0 Å². The second-order valence-corrected chi connectivity index (χ2v) is 5.12. The van der Waals surface area contributed by atoms with Crippen LogP contribution < -0.4 is 5.32 Å². The molecule has 0 aromatic carbocycles. The van der Waals surface area contributed by atoms with Gasteiger partial charge in [0.05, 0.1) is 0 Å². The van der Waals surface area contributed by atoms with Crippen LogP contribution in [0.1, 0.15) is 13.3 Å². The molecule has 1 N–H and O–H groups in total. The Morgan fingerprint density at radius 3 is 2.40 bits per heavy atom. The summed E-state index contributed by atoms with van der Waals surface area (Å²) in [5, 5.41) is 1.78. The van der Waals surface area contributed by atoms with Crippen molar-refractivity contribution in [2.45, 2.75) is 18.6 Å². The molecule has 1 aliphatic heterocycles. The van der Waals surface area contributed by atoms with Gasteiger partial charge >= 0.3 is 17.8 Å². The predicted octanol–water partition coefficient (Wildman–Crippen LogP) is -0.778. The smallest absolute Gasteiger partial charge is 0.269 e. The Morgan fingerprint density at radius 1 is 1.40 bits per heavy atom. The number of urea groups is 1. The second-order valence-electron chi connectivity index (χ2n) is 3.31. The molecule has 2 unspecified atom stereocenters. The van der Waals surface area contributed by atoms with Crippen molar-refractivity contribution in [3.05, 3.63) is 0 Å². The molecule has 1 heterocycles. The zero-order chi connectivity index (χ0) is 11.6. The van der Waals surface area contributed by atoms with Crippen molar-refractivity contribution in [1.29, 1.82) is 0 Å². The maximum absolute atomic E-state index is 11.1. The second kappa shape index (κ2) is 4.52. The average molecular weight is 232 g/mol. The Kier molecular flexibility index (Phi) is 3.57. The molecular formula is C8H12N2O4S. The molecule has 15 heavy (non-hydrogen) atoms. The molecule has 0 radical (unpaired) electrons. The van der Waals surface area contributed by atoms with Crippen LogP contribution in [0.5, 0.6) is 0 Å². The Balaban J connectivity index is 2.52. The van der Waals surface area contributed by atoms with Gasteiger partial charge in [0.25, 0.3) is 0 Å². The van der Waals surface area contributed by atoms with Crippen LogP contribution in [0.3, 0.4) is 0 Å². The number of nitrogens with zero attached hydrogens (tertiary/aromatic N) is 1. The van der Waals surface area contributed by atoms with Gasteiger partial charge in [-0.2, -0.15) is 0 Å². The normalized spacial score (nSPS) is 20.4. The van der Waals surface area contributed by atoms with E-state index in [1.54, 1.807) is 13.2 Å². The lowest BCUT2D eigenvalue weighted by molar-refractivity contribution is -0.140. The maximum Gasteiger partial charge on any atom is 0.331 e. The fourth-order valence-corrected chi connectivity index (χ4v) is 1.55. The van der Waals surface area contributed by atoms with E-state index in [1.807, 2.05) is 5.32 Å². The minimum absolute atomic E-state index is 0.110. The summed E-state index contributed by atoms with van der Waals surface area (Å²) in [5.74, 6) is -1.74. The molecule has 84 valence electrons. The molecule has 2 atom stereocenters. The highest BCUT2D eigenvalue weighted by atomic mass is 32.2. The number of imide groups is 2. The first kappa shape index (κ1) is 11.8. The molecule has 0 aromatic rings. The van der Waals surface area contributed by atoms with Crippen molar-refractivity contribution < 1.29 is 18.6 Å². The Bertz CT molecular complexity index is 342. The molecule has 0 saturated carbocycles. The summed E-state index contributed by atoms with van der Waals surface area (Å²) >= 11 is 0. The Labute approximate surface area is 89.5 Å². The van der Waals surface area contributed by atoms with Gasteiger partial charge in [0, 0.05) is 28.9 Å². The summed E-state index contributed by atoms with van der Waals surface area (Å²) in [4.78, 5) is 33.8. The van der Waals surface area contributed by atoms with Crippen LogP contribution in [0.15, 0.2) is 0 Å². The Morgan fingerprint density at radius 2 is 2.00 bits per heavy atom. The van der Waals surface area contributed by atoms with Gasteiger partial charge in [-0.25, -0.2) is 4.79 Å². The van der Waals surface area contributed by atoms with E-state index < -0.39 is 28.6 Å². The fourth-order valence-electron chi connectivity index (χ4n) is 1.11. The van der Waals surface area contributed by atoms with Gasteiger partial charge < -0.3 is 0 Å². The number of hydrogen-bond donors (Lipinski definition) is 1. The molecule has 0 bridgehead atoms. The number of carbonyl (C=O) groups is 3. The van der Waals surface area contributed by atoms with Gasteiger partial charge in [-0.1, -0.05) is 6.92 Å². The first-order valence-corrected chi connectivity index (χ1v) is 6.04. The number of rotatable bonds is 4. The number of amides is 4. The van der Waals surface area contributed by atoms with Crippen molar-refractivity contribution in [2.24, 2.45) is 0 Å². The molecule has 7 heteroatoms. The first-order valence-electron chi connectivity index (χ1n) is 4.42. The molecule has 0 aliphatic carbocycles. The van der Waals surface area contributed by atoms with Gasteiger partial charge in [0.2, 0.25) is 0 Å². The summed E-state index contributed by atoms with van der Waals surface area (Å²) in [6, 6.07) is -0.695. The summed E-state index contributed by atoms with van der Waals surface area (Å²) in [6.07, 6.45) is 1.98. The topological polar surface area (TPSA) is 83.6 Å². The zero-order valence-corrected chi connectivity index (χ0v) is 9.30. The van der Waals surface area contributed by atoms with Crippen molar-refractivity contribution in [2.75, 3.05) is 12.8 Å². The molecular weight excluding hydrogens is 220 g/mol. The molecule has 1 aliphatic rings. The third-order valence-electron chi connectivity index (χ3n) is 2.23. The third-order valence-corrected chi connectivity index (χ3v) is 3.60. The molecule has 1 rings (SSSR count). The van der Waals surface area contributed by atoms with E-state index in [1.165, 1.54) is 0 Å². The number of hydrogen-bond acceptors (Lipinski definition) is 4. The molecule has 1 saturated heterocycles. The summed E-state index contributed by atoms with van der Waals surface area (Å²) < 4.78 is 11.0. The number of carbonyl (C=O) groups excluding carboxylic acids is 3. The molecule has 4 amide bonds. The monoisotopic (exact) mass is 232 g/mol. The van der Waals surface area contributed by atoms with E-state index in [0.29, 0.717) is 6.42 Å². The Hall–Kier alpha value is -1.24. The first-order chi connectivity index (χ1) is 6.93. The van der Waals surface area contributed by atoms with E-state index in [9.17, 15) is 18.6 Å².